The molecular formula is C11H15NO3S. The van der Waals surface area contributed by atoms with E-state index in [4.69, 9.17) is 4.74 Å². The van der Waals surface area contributed by atoms with Gasteiger partial charge in [-0.3, -0.25) is 4.79 Å². The van der Waals surface area contributed by atoms with E-state index in [0.717, 1.165) is 4.73 Å². The van der Waals surface area contributed by atoms with Crippen molar-refractivity contribution in [2.75, 3.05) is 5.75 Å². The Morgan fingerprint density at radius 3 is 2.75 bits per heavy atom. The van der Waals surface area contributed by atoms with E-state index in [2.05, 4.69) is 0 Å². The Balaban J connectivity index is 2.47. The highest BCUT2D eigenvalue weighted by Gasteiger charge is 2.17. The first kappa shape index (κ1) is 12.8. The third-order valence-corrected chi connectivity index (χ3v) is 2.54. The summed E-state index contributed by atoms with van der Waals surface area (Å²) < 4.78 is 5.86. The minimum Gasteiger partial charge on any atom is -0.618 e. The molecule has 0 amide bonds. The number of aromatic nitrogens is 1. The van der Waals surface area contributed by atoms with Gasteiger partial charge in [0.05, 0.1) is 0 Å². The monoisotopic (exact) mass is 241 g/mol. The average Bonchev–Trinajstić information content (AvgIpc) is 2.14. The molecule has 16 heavy (non-hydrogen) atoms. The summed E-state index contributed by atoms with van der Waals surface area (Å²) in [6.45, 7) is 5.43. The molecule has 0 aromatic carbocycles. The molecular weight excluding hydrogens is 226 g/mol. The lowest BCUT2D eigenvalue weighted by atomic mass is 10.2. The quantitative estimate of drug-likeness (QED) is 0.350. The lowest BCUT2D eigenvalue weighted by molar-refractivity contribution is -0.645. The highest BCUT2D eigenvalue weighted by molar-refractivity contribution is 7.99. The molecule has 0 fully saturated rings. The number of rotatable bonds is 3. The average molecular weight is 241 g/mol. The molecule has 1 heterocycles. The standard InChI is InChI=1S/C11H15NO3S/c1-11(2,3)15-10(13)8-16-9-6-4-5-7-12(9)14/h4-7H,8H2,1-3H3. The van der Waals surface area contributed by atoms with Gasteiger partial charge in [-0.2, -0.15) is 4.73 Å². The second kappa shape index (κ2) is 5.21. The Hall–Kier alpha value is -1.23. The number of ether oxygens (including phenoxy) is 1. The summed E-state index contributed by atoms with van der Waals surface area (Å²) >= 11 is 1.17. The van der Waals surface area contributed by atoms with Gasteiger partial charge in [0.2, 0.25) is 0 Å². The molecule has 0 N–H and O–H groups in total. The predicted molar refractivity (Wildman–Crippen MR) is 62.0 cm³/mol. The number of hydrogen-bond acceptors (Lipinski definition) is 4. The molecule has 0 aliphatic rings. The van der Waals surface area contributed by atoms with E-state index in [0.29, 0.717) is 5.03 Å². The first-order chi connectivity index (χ1) is 7.38. The van der Waals surface area contributed by atoms with E-state index >= 15 is 0 Å². The van der Waals surface area contributed by atoms with Crippen LogP contribution in [-0.2, 0) is 9.53 Å². The smallest absolute Gasteiger partial charge is 0.317 e. The van der Waals surface area contributed by atoms with Crippen LogP contribution in [0.2, 0.25) is 0 Å². The Morgan fingerprint density at radius 1 is 1.50 bits per heavy atom. The SMILES string of the molecule is CC(C)(C)OC(=O)CSc1cccc[n+]1[O-]. The third-order valence-electron chi connectivity index (χ3n) is 1.55. The van der Waals surface area contributed by atoms with Crippen molar-refractivity contribution in [2.45, 2.75) is 31.4 Å². The molecule has 0 bridgehead atoms. The molecule has 1 rings (SSSR count). The summed E-state index contributed by atoms with van der Waals surface area (Å²) in [6, 6.07) is 5.07. The normalized spacial score (nSPS) is 11.2. The van der Waals surface area contributed by atoms with Gasteiger partial charge in [0.1, 0.15) is 11.4 Å². The van der Waals surface area contributed by atoms with Crippen LogP contribution < -0.4 is 4.73 Å². The molecule has 0 spiro atoms. The topological polar surface area (TPSA) is 53.2 Å². The van der Waals surface area contributed by atoms with Crippen molar-refractivity contribution in [1.82, 2.24) is 0 Å². The Bertz CT molecular complexity index is 374. The summed E-state index contributed by atoms with van der Waals surface area (Å²) in [7, 11) is 0. The lowest BCUT2D eigenvalue weighted by Crippen LogP contribution is -2.29. The molecule has 0 aliphatic carbocycles. The van der Waals surface area contributed by atoms with Gasteiger partial charge < -0.3 is 9.94 Å². The minimum absolute atomic E-state index is 0.142. The third kappa shape index (κ3) is 4.53. The largest absolute Gasteiger partial charge is 0.618 e. The molecule has 0 saturated carbocycles. The van der Waals surface area contributed by atoms with E-state index in [9.17, 15) is 10.0 Å². The van der Waals surface area contributed by atoms with Crippen molar-refractivity contribution in [1.29, 1.82) is 0 Å². The van der Waals surface area contributed by atoms with E-state index in [-0.39, 0.29) is 11.7 Å². The van der Waals surface area contributed by atoms with E-state index in [1.165, 1.54) is 18.0 Å². The zero-order valence-electron chi connectivity index (χ0n) is 9.60. The number of nitrogens with zero attached hydrogens (tertiary/aromatic N) is 1. The maximum Gasteiger partial charge on any atom is 0.317 e. The Morgan fingerprint density at radius 2 is 2.19 bits per heavy atom. The molecule has 4 nitrogen and oxygen atoms in total. The van der Waals surface area contributed by atoms with Crippen LogP contribution in [0.5, 0.6) is 0 Å². The maximum absolute atomic E-state index is 11.4. The predicted octanol–water partition coefficient (Wildman–Crippen LogP) is 1.75. The van der Waals surface area contributed by atoms with Gasteiger partial charge in [-0.1, -0.05) is 0 Å². The fourth-order valence-corrected chi connectivity index (χ4v) is 1.72. The summed E-state index contributed by atoms with van der Waals surface area (Å²) in [5, 5.41) is 11.8. The van der Waals surface area contributed by atoms with Crippen LogP contribution >= 0.6 is 11.8 Å². The van der Waals surface area contributed by atoms with Crippen molar-refractivity contribution in [3.05, 3.63) is 29.6 Å². The van der Waals surface area contributed by atoms with Gasteiger partial charge in [0.15, 0.2) is 6.20 Å². The van der Waals surface area contributed by atoms with Gasteiger partial charge in [-0.05, 0) is 38.6 Å². The van der Waals surface area contributed by atoms with Crippen LogP contribution in [-0.4, -0.2) is 17.3 Å². The molecule has 1 aromatic rings. The van der Waals surface area contributed by atoms with Crippen LogP contribution in [0.15, 0.2) is 29.4 Å². The minimum atomic E-state index is -0.484. The fraction of sp³-hybridized carbons (Fsp3) is 0.455. The van der Waals surface area contributed by atoms with Crippen molar-refractivity contribution >= 4 is 17.7 Å². The number of carbonyl (C=O) groups is 1. The summed E-state index contributed by atoms with van der Waals surface area (Å²) in [5.74, 6) is -0.176. The van der Waals surface area contributed by atoms with Crippen molar-refractivity contribution < 1.29 is 14.3 Å². The summed E-state index contributed by atoms with van der Waals surface area (Å²) in [6.07, 6.45) is 1.40. The number of carbonyl (C=O) groups excluding carboxylic acids is 1. The van der Waals surface area contributed by atoms with Gasteiger partial charge in [-0.25, -0.2) is 0 Å². The van der Waals surface area contributed by atoms with Crippen LogP contribution in [0.1, 0.15) is 20.8 Å². The van der Waals surface area contributed by atoms with E-state index < -0.39 is 5.60 Å². The Labute approximate surface area is 99.2 Å². The van der Waals surface area contributed by atoms with Gasteiger partial charge in [-0.15, -0.1) is 0 Å². The summed E-state index contributed by atoms with van der Waals surface area (Å²) in [4.78, 5) is 11.4. The number of pyridine rings is 1. The highest BCUT2D eigenvalue weighted by atomic mass is 32.2. The van der Waals surface area contributed by atoms with Crippen LogP contribution in [0.4, 0.5) is 0 Å². The number of hydrogen-bond donors (Lipinski definition) is 0. The lowest BCUT2D eigenvalue weighted by Gasteiger charge is -2.19. The molecule has 1 aromatic heterocycles. The molecule has 0 radical (unpaired) electrons. The summed E-state index contributed by atoms with van der Waals surface area (Å²) in [5.41, 5.74) is -0.484. The molecule has 0 saturated heterocycles. The molecule has 0 atom stereocenters. The van der Waals surface area contributed by atoms with Gasteiger partial charge >= 0.3 is 5.97 Å². The van der Waals surface area contributed by atoms with Gasteiger partial charge in [0, 0.05) is 12.1 Å². The van der Waals surface area contributed by atoms with Crippen molar-refractivity contribution in [2.24, 2.45) is 0 Å². The van der Waals surface area contributed by atoms with Gasteiger partial charge in [0.25, 0.3) is 5.03 Å². The van der Waals surface area contributed by atoms with Crippen LogP contribution in [0.25, 0.3) is 0 Å². The molecule has 0 unspecified atom stereocenters. The highest BCUT2D eigenvalue weighted by Crippen LogP contribution is 2.15. The van der Waals surface area contributed by atoms with Crippen LogP contribution in [0.3, 0.4) is 0 Å². The number of thioether (sulfide) groups is 1. The fourth-order valence-electron chi connectivity index (χ4n) is 1.03. The molecule has 0 aliphatic heterocycles. The van der Waals surface area contributed by atoms with Crippen molar-refractivity contribution in [3.8, 4) is 0 Å². The van der Waals surface area contributed by atoms with E-state index in [1.54, 1.807) is 18.2 Å². The first-order valence-corrected chi connectivity index (χ1v) is 5.90. The second-order valence-electron chi connectivity index (χ2n) is 4.24. The molecule has 88 valence electrons. The van der Waals surface area contributed by atoms with E-state index in [1.807, 2.05) is 20.8 Å². The number of esters is 1. The van der Waals surface area contributed by atoms with Crippen molar-refractivity contribution in [3.63, 3.8) is 0 Å². The maximum atomic E-state index is 11.4. The van der Waals surface area contributed by atoms with Crippen LogP contribution in [0, 0.1) is 5.21 Å². The Kier molecular flexibility index (Phi) is 4.18. The second-order valence-corrected chi connectivity index (χ2v) is 5.24. The molecule has 5 heteroatoms. The first-order valence-electron chi connectivity index (χ1n) is 4.91. The zero-order valence-corrected chi connectivity index (χ0v) is 10.4. The zero-order chi connectivity index (χ0) is 12.2.